The van der Waals surface area contributed by atoms with Crippen LogP contribution in [0.15, 0.2) is 39.2 Å². The molecular formula is C23H24F3N5O2S. The van der Waals surface area contributed by atoms with Crippen LogP contribution in [0, 0.1) is 31.0 Å². The summed E-state index contributed by atoms with van der Waals surface area (Å²) in [6, 6.07) is 2.84. The minimum absolute atomic E-state index is 0.0171. The van der Waals surface area contributed by atoms with Gasteiger partial charge < -0.3 is 15.8 Å². The van der Waals surface area contributed by atoms with Gasteiger partial charge in [0.2, 0.25) is 5.88 Å². The molecule has 7 nitrogen and oxygen atoms in total. The first-order chi connectivity index (χ1) is 16.0. The van der Waals surface area contributed by atoms with Crippen LogP contribution in [0.5, 0.6) is 0 Å². The number of terminal acetylenes is 1. The number of thioether (sulfide) groups is 1. The molecule has 1 aliphatic carbocycles. The first-order valence-electron chi connectivity index (χ1n) is 10.2. The minimum atomic E-state index is -2.63. The maximum Gasteiger partial charge on any atom is 0.269 e. The summed E-state index contributed by atoms with van der Waals surface area (Å²) in [4.78, 5) is 24.6. The van der Waals surface area contributed by atoms with Gasteiger partial charge in [-0.3, -0.25) is 14.8 Å². The fourth-order valence-corrected chi connectivity index (χ4v) is 5.32. The fraction of sp³-hybridized carbons (Fsp3) is 0.391. The smallest absolute Gasteiger partial charge is 0.269 e. The van der Waals surface area contributed by atoms with Crippen LogP contribution >= 0.6 is 11.8 Å². The summed E-state index contributed by atoms with van der Waals surface area (Å²) < 4.78 is 46.5. The number of ether oxygens (including phenoxy) is 1. The summed E-state index contributed by atoms with van der Waals surface area (Å²) in [6.07, 6.45) is 3.83. The van der Waals surface area contributed by atoms with E-state index in [0.29, 0.717) is 0 Å². The van der Waals surface area contributed by atoms with Gasteiger partial charge in [-0.2, -0.15) is 0 Å². The lowest BCUT2D eigenvalue weighted by atomic mass is 9.84. The monoisotopic (exact) mass is 491 g/mol. The molecule has 0 unspecified atom stereocenters. The Morgan fingerprint density at radius 1 is 1.56 bits per heavy atom. The van der Waals surface area contributed by atoms with Gasteiger partial charge >= 0.3 is 0 Å². The van der Waals surface area contributed by atoms with Gasteiger partial charge in [-0.05, 0) is 51.6 Å². The standard InChI is InChI=1S/C23H24F3N5O2S/c1-6-7-33-17(28-5)11-29-13(3)19(32)30-14-8-12(2)18(24)15(9-14)22(4)16-10-23(16,20(25)26)34-21(27)31-22/h1,8-9,11,16,20H,5,7,10H2,2-4H3,(H2,27,31)(H,30,32)/b17-11+,29-13+/t16-,22+,23-/m0/s1. The number of alkyl halides is 2. The van der Waals surface area contributed by atoms with Gasteiger partial charge in [-0.15, -0.1) is 6.42 Å². The molecule has 3 rings (SSSR count). The summed E-state index contributed by atoms with van der Waals surface area (Å²) >= 11 is 0.842. The lowest BCUT2D eigenvalue weighted by molar-refractivity contribution is -0.110. The Morgan fingerprint density at radius 2 is 2.26 bits per heavy atom. The van der Waals surface area contributed by atoms with Crippen molar-refractivity contribution in [1.82, 2.24) is 0 Å². The van der Waals surface area contributed by atoms with Crippen molar-refractivity contribution in [3.63, 3.8) is 0 Å². The second-order valence-corrected chi connectivity index (χ2v) is 9.54. The van der Waals surface area contributed by atoms with E-state index in [4.69, 9.17) is 16.9 Å². The number of halogens is 3. The Morgan fingerprint density at radius 3 is 2.88 bits per heavy atom. The zero-order chi connectivity index (χ0) is 25.3. The quantitative estimate of drug-likeness (QED) is 0.326. The van der Waals surface area contributed by atoms with Gasteiger partial charge in [0.05, 0.1) is 16.5 Å². The average Bonchev–Trinajstić information content (AvgIpc) is 3.53. The third-order valence-corrected chi connectivity index (χ3v) is 7.16. The molecule has 0 spiro atoms. The van der Waals surface area contributed by atoms with Gasteiger partial charge in [-0.25, -0.2) is 18.2 Å². The van der Waals surface area contributed by atoms with Crippen LogP contribution in [0.4, 0.5) is 18.9 Å². The summed E-state index contributed by atoms with van der Waals surface area (Å²) in [5, 5.41) is 2.63. The molecule has 1 heterocycles. The number of benzene rings is 1. The SMILES string of the molecule is C#CCO/C(=C/N=C(\C)C(=O)Nc1cc(C)c(F)c([C@@]2(C)N=C(N)S[C@@]3(C(F)F)C[C@@H]23)c1)N=C. The number of aryl methyl sites for hydroxylation is 1. The van der Waals surface area contributed by atoms with E-state index < -0.39 is 34.4 Å². The number of amides is 1. The molecule has 34 heavy (non-hydrogen) atoms. The van der Waals surface area contributed by atoms with Crippen molar-refractivity contribution in [3.8, 4) is 12.3 Å². The Balaban J connectivity index is 1.90. The van der Waals surface area contributed by atoms with E-state index >= 15 is 4.39 Å². The minimum Gasteiger partial charge on any atom is -0.463 e. The largest absolute Gasteiger partial charge is 0.463 e. The zero-order valence-electron chi connectivity index (χ0n) is 18.9. The topological polar surface area (TPSA) is 101 Å². The molecule has 1 aromatic carbocycles. The van der Waals surface area contributed by atoms with Gasteiger partial charge in [0.15, 0.2) is 11.8 Å². The number of carbonyl (C=O) groups excluding carboxylic acids is 1. The van der Waals surface area contributed by atoms with Crippen molar-refractivity contribution in [2.75, 3.05) is 11.9 Å². The number of fused-ring (bicyclic) bond motifs is 1. The van der Waals surface area contributed by atoms with Crippen molar-refractivity contribution in [1.29, 1.82) is 0 Å². The molecule has 3 N–H and O–H groups in total. The number of hydrogen-bond acceptors (Lipinski definition) is 7. The highest BCUT2D eigenvalue weighted by Gasteiger charge is 2.71. The van der Waals surface area contributed by atoms with Crippen LogP contribution in [0.3, 0.4) is 0 Å². The molecule has 3 atom stereocenters. The summed E-state index contributed by atoms with van der Waals surface area (Å²) in [7, 11) is 0. The van der Waals surface area contributed by atoms with Crippen LogP contribution in [-0.4, -0.2) is 41.3 Å². The highest BCUT2D eigenvalue weighted by Crippen LogP contribution is 2.68. The van der Waals surface area contributed by atoms with Crippen LogP contribution in [0.1, 0.15) is 31.4 Å². The summed E-state index contributed by atoms with van der Waals surface area (Å²) in [6.45, 7) is 7.85. The third kappa shape index (κ3) is 4.68. The number of amidine groups is 1. The highest BCUT2D eigenvalue weighted by molar-refractivity contribution is 8.15. The highest BCUT2D eigenvalue weighted by atomic mass is 32.2. The zero-order valence-corrected chi connectivity index (χ0v) is 19.7. The molecule has 180 valence electrons. The van der Waals surface area contributed by atoms with E-state index in [2.05, 4.69) is 32.9 Å². The summed E-state index contributed by atoms with van der Waals surface area (Å²) in [5.74, 6) is 0.549. The Hall–Kier alpha value is -3.26. The number of carbonyl (C=O) groups is 1. The Bertz CT molecular complexity index is 1160. The van der Waals surface area contributed by atoms with Crippen molar-refractivity contribution < 1.29 is 22.7 Å². The number of nitrogens with one attached hydrogen (secondary N) is 1. The molecule has 1 fully saturated rings. The molecule has 11 heteroatoms. The molecule has 0 aromatic heterocycles. The molecule has 0 bridgehead atoms. The number of anilines is 1. The Labute approximate surface area is 199 Å². The first kappa shape index (κ1) is 25.4. The van der Waals surface area contributed by atoms with E-state index in [1.165, 1.54) is 32.2 Å². The predicted octanol–water partition coefficient (Wildman–Crippen LogP) is 3.98. The van der Waals surface area contributed by atoms with Gasteiger partial charge in [0, 0.05) is 17.2 Å². The van der Waals surface area contributed by atoms with Crippen LogP contribution < -0.4 is 11.1 Å². The molecule has 1 aromatic rings. The van der Waals surface area contributed by atoms with Crippen molar-refractivity contribution in [2.24, 2.45) is 26.6 Å². The van der Waals surface area contributed by atoms with Crippen molar-refractivity contribution in [2.45, 2.75) is 43.9 Å². The van der Waals surface area contributed by atoms with E-state index in [1.54, 1.807) is 6.92 Å². The molecular weight excluding hydrogens is 467 g/mol. The second-order valence-electron chi connectivity index (χ2n) is 8.15. The van der Waals surface area contributed by atoms with Crippen LogP contribution in [0.2, 0.25) is 0 Å². The molecule has 0 radical (unpaired) electrons. The van der Waals surface area contributed by atoms with Crippen molar-refractivity contribution in [3.05, 3.63) is 41.2 Å². The second kappa shape index (κ2) is 9.54. The maximum absolute atomic E-state index is 15.2. The van der Waals surface area contributed by atoms with E-state index in [1.807, 2.05) is 0 Å². The van der Waals surface area contributed by atoms with E-state index in [9.17, 15) is 13.6 Å². The van der Waals surface area contributed by atoms with Gasteiger partial charge in [-0.1, -0.05) is 17.7 Å². The number of nitrogens with zero attached hydrogens (tertiary/aromatic N) is 3. The normalized spacial score (nSPS) is 26.3. The number of rotatable bonds is 8. The first-order valence-corrected chi connectivity index (χ1v) is 11.0. The lowest BCUT2D eigenvalue weighted by Gasteiger charge is -2.34. The van der Waals surface area contributed by atoms with Crippen molar-refractivity contribution >= 4 is 41.0 Å². The number of hydrogen-bond donors (Lipinski definition) is 2. The maximum atomic E-state index is 15.2. The van der Waals surface area contributed by atoms with Gasteiger partial charge in [0.25, 0.3) is 12.3 Å². The van der Waals surface area contributed by atoms with Crippen LogP contribution in [-0.2, 0) is 15.1 Å². The van der Waals surface area contributed by atoms with Crippen LogP contribution in [0.25, 0.3) is 0 Å². The molecule has 2 aliphatic rings. The molecule has 1 saturated carbocycles. The molecule has 1 aliphatic heterocycles. The lowest BCUT2D eigenvalue weighted by Crippen LogP contribution is -2.39. The number of aliphatic imine (C=N–C) groups is 3. The Kier molecular flexibility index (Phi) is 7.12. The molecule has 1 amide bonds. The van der Waals surface area contributed by atoms with Gasteiger partial charge in [0.1, 0.15) is 11.5 Å². The molecule has 0 saturated heterocycles. The van der Waals surface area contributed by atoms with E-state index in [-0.39, 0.29) is 46.6 Å². The summed E-state index contributed by atoms with van der Waals surface area (Å²) in [5.41, 5.74) is 5.20. The fourth-order valence-electron chi connectivity index (χ4n) is 3.99. The average molecular weight is 492 g/mol. The number of nitrogens with two attached hydrogens (primary N) is 1. The van der Waals surface area contributed by atoms with E-state index in [0.717, 1.165) is 11.8 Å². The third-order valence-electron chi connectivity index (χ3n) is 5.85. The predicted molar refractivity (Wildman–Crippen MR) is 129 cm³/mol.